The minimum atomic E-state index is -0.253. The number of carbonyl (C=O) groups excluding carboxylic acids is 2. The van der Waals surface area contributed by atoms with E-state index in [0.717, 1.165) is 35.2 Å². The Bertz CT molecular complexity index is 909. The van der Waals surface area contributed by atoms with Gasteiger partial charge in [-0.2, -0.15) is 0 Å². The molecule has 0 aromatic carbocycles. The SMILES string of the molecule is CNC(=O)c1sc2ncccc2c1[C@H]1CN(CC(=O)N(C)C2CCCCC2)CCO1. The van der Waals surface area contributed by atoms with Gasteiger partial charge >= 0.3 is 0 Å². The van der Waals surface area contributed by atoms with Crippen LogP contribution in [0.1, 0.15) is 53.4 Å². The quantitative estimate of drug-likeness (QED) is 0.790. The van der Waals surface area contributed by atoms with Crippen LogP contribution in [-0.4, -0.2) is 73.0 Å². The van der Waals surface area contributed by atoms with E-state index < -0.39 is 0 Å². The Balaban J connectivity index is 1.50. The summed E-state index contributed by atoms with van der Waals surface area (Å²) in [5.41, 5.74) is 0.889. The molecule has 7 nitrogen and oxygen atoms in total. The molecule has 2 aliphatic rings. The highest BCUT2D eigenvalue weighted by Gasteiger charge is 2.31. The number of ether oxygens (including phenoxy) is 1. The highest BCUT2D eigenvalue weighted by atomic mass is 32.1. The summed E-state index contributed by atoms with van der Waals surface area (Å²) in [4.78, 5) is 35.4. The van der Waals surface area contributed by atoms with Crippen LogP contribution in [0.25, 0.3) is 10.2 Å². The summed E-state index contributed by atoms with van der Waals surface area (Å²) in [6.07, 6.45) is 7.41. The van der Waals surface area contributed by atoms with Gasteiger partial charge in [0.05, 0.1) is 19.3 Å². The first-order valence-corrected chi connectivity index (χ1v) is 11.6. The Hall–Kier alpha value is -2.03. The van der Waals surface area contributed by atoms with Gasteiger partial charge in [-0.05, 0) is 18.9 Å². The lowest BCUT2D eigenvalue weighted by Gasteiger charge is -2.36. The Kier molecular flexibility index (Phi) is 6.65. The molecule has 1 saturated heterocycles. The molecule has 2 amide bonds. The van der Waals surface area contributed by atoms with Gasteiger partial charge in [-0.25, -0.2) is 4.98 Å². The van der Waals surface area contributed by atoms with Crippen LogP contribution in [0.2, 0.25) is 0 Å². The molecule has 3 heterocycles. The van der Waals surface area contributed by atoms with E-state index in [1.807, 2.05) is 24.1 Å². The van der Waals surface area contributed by atoms with Crippen molar-refractivity contribution in [1.82, 2.24) is 20.1 Å². The summed E-state index contributed by atoms with van der Waals surface area (Å²) in [6.45, 7) is 2.24. The van der Waals surface area contributed by atoms with E-state index in [2.05, 4.69) is 15.2 Å². The predicted octanol–water partition coefficient (Wildman–Crippen LogP) is 2.82. The zero-order valence-corrected chi connectivity index (χ0v) is 18.5. The van der Waals surface area contributed by atoms with Crippen LogP contribution in [0.3, 0.4) is 0 Å². The number of aromatic nitrogens is 1. The lowest BCUT2D eigenvalue weighted by atomic mass is 9.94. The minimum absolute atomic E-state index is 0.123. The fraction of sp³-hybridized carbons (Fsp3) is 0.591. The second-order valence-electron chi connectivity index (χ2n) is 8.17. The molecule has 0 bridgehead atoms. The minimum Gasteiger partial charge on any atom is -0.371 e. The third-order valence-electron chi connectivity index (χ3n) is 6.29. The van der Waals surface area contributed by atoms with Crippen molar-refractivity contribution >= 4 is 33.4 Å². The second kappa shape index (κ2) is 9.41. The maximum Gasteiger partial charge on any atom is 0.261 e. The van der Waals surface area contributed by atoms with Crippen molar-refractivity contribution < 1.29 is 14.3 Å². The number of thiophene rings is 1. The molecule has 0 spiro atoms. The number of hydrogen-bond donors (Lipinski definition) is 1. The van der Waals surface area contributed by atoms with E-state index in [4.69, 9.17) is 4.74 Å². The van der Waals surface area contributed by atoms with Crippen LogP contribution < -0.4 is 5.32 Å². The normalized spacial score (nSPS) is 20.9. The maximum absolute atomic E-state index is 12.9. The summed E-state index contributed by atoms with van der Waals surface area (Å²) >= 11 is 1.39. The predicted molar refractivity (Wildman–Crippen MR) is 118 cm³/mol. The first-order valence-electron chi connectivity index (χ1n) is 10.8. The zero-order valence-electron chi connectivity index (χ0n) is 17.7. The van der Waals surface area contributed by atoms with Gasteiger partial charge in [0.15, 0.2) is 0 Å². The van der Waals surface area contributed by atoms with Gasteiger partial charge in [-0.1, -0.05) is 25.3 Å². The highest BCUT2D eigenvalue weighted by Crippen LogP contribution is 2.37. The van der Waals surface area contributed by atoms with E-state index in [0.29, 0.717) is 30.6 Å². The largest absolute Gasteiger partial charge is 0.371 e. The summed E-state index contributed by atoms with van der Waals surface area (Å²) in [5, 5.41) is 3.69. The Morgan fingerprint density at radius 2 is 2.13 bits per heavy atom. The van der Waals surface area contributed by atoms with E-state index in [9.17, 15) is 9.59 Å². The highest BCUT2D eigenvalue weighted by molar-refractivity contribution is 7.20. The van der Waals surface area contributed by atoms with Gasteiger partial charge in [-0.3, -0.25) is 14.5 Å². The molecule has 1 atom stereocenters. The van der Waals surface area contributed by atoms with Crippen molar-refractivity contribution in [3.8, 4) is 0 Å². The van der Waals surface area contributed by atoms with Crippen LogP contribution in [0.4, 0.5) is 0 Å². The number of morpholine rings is 1. The number of rotatable bonds is 5. The molecule has 2 fully saturated rings. The first-order chi connectivity index (χ1) is 14.6. The van der Waals surface area contributed by atoms with Crippen LogP contribution >= 0.6 is 11.3 Å². The third kappa shape index (κ3) is 4.36. The average Bonchev–Trinajstić information content (AvgIpc) is 3.18. The number of carbonyl (C=O) groups is 2. The molecule has 30 heavy (non-hydrogen) atoms. The van der Waals surface area contributed by atoms with Gasteiger partial charge in [0.2, 0.25) is 5.91 Å². The molecule has 1 aliphatic carbocycles. The summed E-state index contributed by atoms with van der Waals surface area (Å²) < 4.78 is 6.09. The number of fused-ring (bicyclic) bond motifs is 1. The number of hydrogen-bond acceptors (Lipinski definition) is 6. The van der Waals surface area contributed by atoms with Crippen molar-refractivity contribution in [2.45, 2.75) is 44.2 Å². The zero-order chi connectivity index (χ0) is 21.1. The van der Waals surface area contributed by atoms with Crippen LogP contribution in [0.15, 0.2) is 18.3 Å². The number of amides is 2. The van der Waals surface area contributed by atoms with Crippen molar-refractivity contribution in [2.75, 3.05) is 40.3 Å². The molecule has 2 aromatic rings. The lowest BCUT2D eigenvalue weighted by Crippen LogP contribution is -2.47. The maximum atomic E-state index is 12.9. The summed E-state index contributed by atoms with van der Waals surface area (Å²) in [7, 11) is 3.58. The molecule has 1 N–H and O–H groups in total. The fourth-order valence-corrected chi connectivity index (χ4v) is 5.69. The number of likely N-dealkylation sites (N-methyl/N-ethyl adjacent to an activating group) is 1. The molecule has 162 valence electrons. The first kappa shape index (κ1) is 21.2. The molecular weight excluding hydrogens is 400 g/mol. The molecule has 8 heteroatoms. The fourth-order valence-electron chi connectivity index (χ4n) is 4.55. The van der Waals surface area contributed by atoms with E-state index in [-0.39, 0.29) is 17.9 Å². The van der Waals surface area contributed by atoms with Gasteiger partial charge in [0, 0.05) is 50.4 Å². The number of pyridine rings is 1. The van der Waals surface area contributed by atoms with E-state index >= 15 is 0 Å². The average molecular weight is 431 g/mol. The molecule has 2 aromatic heterocycles. The topological polar surface area (TPSA) is 74.8 Å². The number of nitrogens with zero attached hydrogens (tertiary/aromatic N) is 3. The van der Waals surface area contributed by atoms with Crippen molar-refractivity contribution in [3.63, 3.8) is 0 Å². The Labute approximate surface area is 181 Å². The Morgan fingerprint density at radius 1 is 1.33 bits per heavy atom. The van der Waals surface area contributed by atoms with Crippen molar-refractivity contribution in [2.24, 2.45) is 0 Å². The van der Waals surface area contributed by atoms with Gasteiger partial charge in [0.25, 0.3) is 5.91 Å². The van der Waals surface area contributed by atoms with Gasteiger partial charge in [0.1, 0.15) is 9.71 Å². The number of nitrogens with one attached hydrogen (secondary N) is 1. The summed E-state index contributed by atoms with van der Waals surface area (Å²) in [5.74, 6) is 0.0488. The van der Waals surface area contributed by atoms with Crippen LogP contribution in [-0.2, 0) is 9.53 Å². The van der Waals surface area contributed by atoms with E-state index in [1.54, 1.807) is 13.2 Å². The van der Waals surface area contributed by atoms with Crippen LogP contribution in [0, 0.1) is 0 Å². The third-order valence-corrected chi connectivity index (χ3v) is 7.41. The molecule has 1 saturated carbocycles. The van der Waals surface area contributed by atoms with Crippen molar-refractivity contribution in [1.29, 1.82) is 0 Å². The smallest absolute Gasteiger partial charge is 0.261 e. The van der Waals surface area contributed by atoms with E-state index in [1.165, 1.54) is 30.6 Å². The standard InChI is InChI=1S/C22H30N4O3S/c1-23-21(28)20-19(16-9-6-10-24-22(16)30-20)17-13-26(11-12-29-17)14-18(27)25(2)15-7-4-3-5-8-15/h6,9-10,15,17H,3-5,7-8,11-14H2,1-2H3,(H,23,28)/t17-/m1/s1. The monoisotopic (exact) mass is 430 g/mol. The van der Waals surface area contributed by atoms with Gasteiger partial charge in [-0.15, -0.1) is 11.3 Å². The van der Waals surface area contributed by atoms with Crippen LogP contribution in [0.5, 0.6) is 0 Å². The van der Waals surface area contributed by atoms with Gasteiger partial charge < -0.3 is 15.0 Å². The second-order valence-corrected chi connectivity index (χ2v) is 9.17. The molecule has 1 aliphatic heterocycles. The van der Waals surface area contributed by atoms with Crippen molar-refractivity contribution in [3.05, 3.63) is 28.8 Å². The molecule has 0 unspecified atom stereocenters. The molecule has 0 radical (unpaired) electrons. The molecular formula is C22H30N4O3S. The summed E-state index contributed by atoms with van der Waals surface area (Å²) in [6, 6.07) is 4.25. The Morgan fingerprint density at radius 3 is 2.90 bits per heavy atom. The molecule has 4 rings (SSSR count). The lowest BCUT2D eigenvalue weighted by molar-refractivity contribution is -0.135.